The van der Waals surface area contributed by atoms with E-state index in [1.165, 1.54) is 11.8 Å². The Kier molecular flexibility index (Phi) is 2.58. The first-order chi connectivity index (χ1) is 8.38. The zero-order valence-electron chi connectivity index (χ0n) is 9.21. The molecule has 0 saturated heterocycles. The highest BCUT2D eigenvalue weighted by Gasteiger charge is 2.20. The van der Waals surface area contributed by atoms with Crippen LogP contribution in [-0.2, 0) is 0 Å². The Bertz CT molecular complexity index is 545. The Morgan fingerprint density at radius 3 is 3.00 bits per heavy atom. The lowest BCUT2D eigenvalue weighted by molar-refractivity contribution is 0.821. The van der Waals surface area contributed by atoms with Gasteiger partial charge >= 0.3 is 0 Å². The Labute approximate surface area is 103 Å². The fourth-order valence-electron chi connectivity index (χ4n) is 1.69. The molecule has 3 rings (SSSR count). The molecule has 0 unspecified atom stereocenters. The minimum Gasteiger partial charge on any atom is -0.301 e. The van der Waals surface area contributed by atoms with Crippen molar-refractivity contribution < 1.29 is 0 Å². The molecule has 1 aliphatic heterocycles. The third kappa shape index (κ3) is 1.81. The van der Waals surface area contributed by atoms with E-state index in [1.807, 2.05) is 41.6 Å². The normalized spacial score (nSPS) is 13.4. The number of thioether (sulfide) groups is 1. The van der Waals surface area contributed by atoms with E-state index in [1.54, 1.807) is 6.20 Å². The zero-order valence-corrected chi connectivity index (χ0v) is 10.0. The number of fused-ring (bicyclic) bond motifs is 1. The van der Waals surface area contributed by atoms with Crippen molar-refractivity contribution in [2.75, 3.05) is 16.7 Å². The molecule has 0 amide bonds. The van der Waals surface area contributed by atoms with E-state index in [-0.39, 0.29) is 0 Å². The van der Waals surface area contributed by atoms with Gasteiger partial charge in [0, 0.05) is 12.3 Å². The Morgan fingerprint density at radius 1 is 1.24 bits per heavy atom. The minimum absolute atomic E-state index is 0.758. The molecule has 2 aromatic rings. The summed E-state index contributed by atoms with van der Waals surface area (Å²) in [6.45, 7) is 0. The van der Waals surface area contributed by atoms with Crippen LogP contribution >= 0.6 is 11.8 Å². The molecule has 86 valence electrons. The second-order valence-corrected chi connectivity index (χ2v) is 4.26. The summed E-state index contributed by atoms with van der Waals surface area (Å²) in [6, 6.07) is 9.90. The van der Waals surface area contributed by atoms with Gasteiger partial charge in [-0.15, -0.1) is 5.53 Å². The monoisotopic (exact) mass is 245 g/mol. The van der Waals surface area contributed by atoms with Crippen molar-refractivity contribution in [3.05, 3.63) is 36.5 Å². The highest BCUT2D eigenvalue weighted by Crippen LogP contribution is 2.33. The van der Waals surface area contributed by atoms with Gasteiger partial charge in [-0.05, 0) is 18.4 Å². The Balaban J connectivity index is 2.01. The predicted octanol–water partition coefficient (Wildman–Crippen LogP) is 2.18. The van der Waals surface area contributed by atoms with Crippen LogP contribution in [0.2, 0.25) is 0 Å². The van der Waals surface area contributed by atoms with Crippen LogP contribution in [0.15, 0.2) is 41.7 Å². The second kappa shape index (κ2) is 4.23. The number of para-hydroxylation sites is 2. The van der Waals surface area contributed by atoms with E-state index in [0.29, 0.717) is 0 Å². The third-order valence-electron chi connectivity index (χ3n) is 2.48. The van der Waals surface area contributed by atoms with Crippen LogP contribution < -0.4 is 16.0 Å². The Morgan fingerprint density at radius 2 is 2.12 bits per heavy atom. The van der Waals surface area contributed by atoms with Crippen molar-refractivity contribution in [3.63, 3.8) is 0 Å². The molecular weight excluding hydrogens is 234 g/mol. The number of anilines is 3. The molecule has 2 N–H and O–H groups in total. The van der Waals surface area contributed by atoms with Crippen LogP contribution in [0.5, 0.6) is 0 Å². The number of rotatable bonds is 2. The molecule has 0 saturated carbocycles. The summed E-state index contributed by atoms with van der Waals surface area (Å²) >= 11 is 1.53. The number of hydrazine groups is 2. The first-order valence-corrected chi connectivity index (χ1v) is 6.39. The molecule has 0 aliphatic carbocycles. The first-order valence-electron chi connectivity index (χ1n) is 5.16. The van der Waals surface area contributed by atoms with Crippen LogP contribution in [-0.4, -0.2) is 16.2 Å². The largest absolute Gasteiger partial charge is 0.301 e. The topological polar surface area (TPSA) is 53.1 Å². The van der Waals surface area contributed by atoms with E-state index in [0.717, 1.165) is 22.3 Å². The van der Waals surface area contributed by atoms with Gasteiger partial charge in [-0.1, -0.05) is 23.9 Å². The number of nitrogens with one attached hydrogen (secondary N) is 2. The van der Waals surface area contributed by atoms with E-state index < -0.39 is 0 Å². The number of benzene rings is 1. The zero-order chi connectivity index (χ0) is 11.7. The maximum atomic E-state index is 4.45. The van der Waals surface area contributed by atoms with Gasteiger partial charge in [0.1, 0.15) is 0 Å². The SMILES string of the molecule is CSc1nccc(N2NNc3ccccc32)n1. The molecule has 0 fully saturated rings. The summed E-state index contributed by atoms with van der Waals surface area (Å²) in [7, 11) is 0. The molecule has 0 spiro atoms. The van der Waals surface area contributed by atoms with Gasteiger partial charge < -0.3 is 5.43 Å². The molecular formula is C11H11N5S. The van der Waals surface area contributed by atoms with Crippen LogP contribution in [0.25, 0.3) is 0 Å². The van der Waals surface area contributed by atoms with Crippen molar-refractivity contribution in [3.8, 4) is 0 Å². The molecule has 5 nitrogen and oxygen atoms in total. The molecule has 1 aliphatic rings. The van der Waals surface area contributed by atoms with Crippen molar-refractivity contribution in [1.29, 1.82) is 0 Å². The van der Waals surface area contributed by atoms with Gasteiger partial charge in [-0.2, -0.15) is 0 Å². The molecule has 0 atom stereocenters. The maximum absolute atomic E-state index is 4.45. The summed E-state index contributed by atoms with van der Waals surface area (Å²) in [5.41, 5.74) is 8.26. The fourth-order valence-corrected chi connectivity index (χ4v) is 2.04. The third-order valence-corrected chi connectivity index (χ3v) is 3.04. The summed E-state index contributed by atoms with van der Waals surface area (Å²) in [5, 5.41) is 2.66. The Hall–Kier alpha value is -1.79. The van der Waals surface area contributed by atoms with Crippen LogP contribution in [0, 0.1) is 0 Å². The molecule has 1 aromatic carbocycles. The smallest absolute Gasteiger partial charge is 0.189 e. The molecule has 0 bridgehead atoms. The summed E-state index contributed by atoms with van der Waals surface area (Å²) in [4.78, 5) is 8.61. The second-order valence-electron chi connectivity index (χ2n) is 3.49. The van der Waals surface area contributed by atoms with Gasteiger partial charge in [0.25, 0.3) is 0 Å². The molecule has 17 heavy (non-hydrogen) atoms. The lowest BCUT2D eigenvalue weighted by atomic mass is 10.3. The summed E-state index contributed by atoms with van der Waals surface area (Å²) in [6.07, 6.45) is 3.72. The van der Waals surface area contributed by atoms with Crippen LogP contribution in [0.1, 0.15) is 0 Å². The quantitative estimate of drug-likeness (QED) is 0.625. The number of nitrogens with zero attached hydrogens (tertiary/aromatic N) is 3. The average molecular weight is 245 g/mol. The van der Waals surface area contributed by atoms with E-state index >= 15 is 0 Å². The van der Waals surface area contributed by atoms with Crippen molar-refractivity contribution in [2.45, 2.75) is 5.16 Å². The first kappa shape index (κ1) is 10.4. The fraction of sp³-hybridized carbons (Fsp3) is 0.0909. The molecule has 2 heterocycles. The molecule has 6 heteroatoms. The van der Waals surface area contributed by atoms with Gasteiger partial charge in [0.15, 0.2) is 11.0 Å². The van der Waals surface area contributed by atoms with Gasteiger partial charge in [-0.25, -0.2) is 15.0 Å². The maximum Gasteiger partial charge on any atom is 0.189 e. The van der Waals surface area contributed by atoms with Crippen molar-refractivity contribution >= 4 is 29.0 Å². The van der Waals surface area contributed by atoms with Gasteiger partial charge in [0.2, 0.25) is 0 Å². The lowest BCUT2D eigenvalue weighted by Gasteiger charge is -2.16. The summed E-state index contributed by atoms with van der Waals surface area (Å²) in [5.74, 6) is 0.821. The highest BCUT2D eigenvalue weighted by atomic mass is 32.2. The van der Waals surface area contributed by atoms with Crippen LogP contribution in [0.4, 0.5) is 17.2 Å². The van der Waals surface area contributed by atoms with E-state index in [2.05, 4.69) is 20.9 Å². The molecule has 1 aromatic heterocycles. The molecule has 0 radical (unpaired) electrons. The standard InChI is InChI=1S/C11H11N5S/c1-17-11-12-7-6-10(13-11)16-9-5-3-2-4-8(9)14-15-16/h2-7,14-15H,1H3. The van der Waals surface area contributed by atoms with Crippen molar-refractivity contribution in [2.24, 2.45) is 0 Å². The lowest BCUT2D eigenvalue weighted by Crippen LogP contribution is -2.32. The van der Waals surface area contributed by atoms with Crippen molar-refractivity contribution in [1.82, 2.24) is 15.5 Å². The number of hydrogen-bond donors (Lipinski definition) is 2. The van der Waals surface area contributed by atoms with Gasteiger partial charge in [-0.3, -0.25) is 0 Å². The number of hydrogen-bond acceptors (Lipinski definition) is 6. The number of aromatic nitrogens is 2. The summed E-state index contributed by atoms with van der Waals surface area (Å²) < 4.78 is 0. The van der Waals surface area contributed by atoms with E-state index in [4.69, 9.17) is 0 Å². The van der Waals surface area contributed by atoms with Gasteiger partial charge in [0.05, 0.1) is 11.4 Å². The van der Waals surface area contributed by atoms with E-state index in [9.17, 15) is 0 Å². The highest BCUT2D eigenvalue weighted by molar-refractivity contribution is 7.98. The van der Waals surface area contributed by atoms with Crippen LogP contribution in [0.3, 0.4) is 0 Å². The minimum atomic E-state index is 0.758. The average Bonchev–Trinajstić information content (AvgIpc) is 2.82. The predicted molar refractivity (Wildman–Crippen MR) is 69.2 cm³/mol.